The van der Waals surface area contributed by atoms with Gasteiger partial charge in [0.25, 0.3) is 0 Å². The Bertz CT molecular complexity index is 620. The standard InChI is InChI=1S/C15H12FNO2/c1-18-15-6-5-11(7-12(15)9-17)10-19-14-4-2-3-13(16)8-14/h2-8H,10H2,1H3. The number of hydrogen-bond acceptors (Lipinski definition) is 3. The van der Waals surface area contributed by atoms with E-state index in [2.05, 4.69) is 6.07 Å². The first kappa shape index (κ1) is 12.9. The van der Waals surface area contributed by atoms with Gasteiger partial charge in [-0.2, -0.15) is 5.26 Å². The molecule has 0 saturated heterocycles. The first-order chi connectivity index (χ1) is 9.22. The Balaban J connectivity index is 2.10. The average Bonchev–Trinajstić information content (AvgIpc) is 2.45. The molecular formula is C15H12FNO2. The summed E-state index contributed by atoms with van der Waals surface area (Å²) in [6.45, 7) is 0.266. The van der Waals surface area contributed by atoms with E-state index in [-0.39, 0.29) is 12.4 Å². The second-order valence-electron chi connectivity index (χ2n) is 3.89. The minimum Gasteiger partial charge on any atom is -0.495 e. The van der Waals surface area contributed by atoms with Gasteiger partial charge in [-0.05, 0) is 29.8 Å². The van der Waals surface area contributed by atoms with E-state index in [4.69, 9.17) is 14.7 Å². The average molecular weight is 257 g/mol. The van der Waals surface area contributed by atoms with Gasteiger partial charge in [0, 0.05) is 6.07 Å². The topological polar surface area (TPSA) is 42.2 Å². The van der Waals surface area contributed by atoms with Crippen molar-refractivity contribution in [1.29, 1.82) is 5.26 Å². The van der Waals surface area contributed by atoms with Gasteiger partial charge in [0.1, 0.15) is 30.0 Å². The summed E-state index contributed by atoms with van der Waals surface area (Å²) < 4.78 is 23.5. The van der Waals surface area contributed by atoms with Gasteiger partial charge in [-0.15, -0.1) is 0 Å². The molecule has 0 aliphatic carbocycles. The molecule has 0 aliphatic heterocycles. The molecule has 0 unspecified atom stereocenters. The molecule has 4 heteroatoms. The summed E-state index contributed by atoms with van der Waals surface area (Å²) in [6, 6.07) is 13.2. The fourth-order valence-electron chi connectivity index (χ4n) is 1.66. The van der Waals surface area contributed by atoms with Gasteiger partial charge in [0.05, 0.1) is 12.7 Å². The van der Waals surface area contributed by atoms with E-state index in [9.17, 15) is 4.39 Å². The maximum Gasteiger partial charge on any atom is 0.136 e. The lowest BCUT2D eigenvalue weighted by Crippen LogP contribution is -1.97. The van der Waals surface area contributed by atoms with Crippen LogP contribution in [-0.2, 0) is 6.61 Å². The summed E-state index contributed by atoms with van der Waals surface area (Å²) in [4.78, 5) is 0. The molecule has 0 amide bonds. The molecule has 0 spiro atoms. The van der Waals surface area contributed by atoms with Crippen molar-refractivity contribution in [2.75, 3.05) is 7.11 Å². The largest absolute Gasteiger partial charge is 0.495 e. The van der Waals surface area contributed by atoms with E-state index in [1.54, 1.807) is 30.3 Å². The highest BCUT2D eigenvalue weighted by Gasteiger charge is 2.04. The Morgan fingerprint density at radius 2 is 2.05 bits per heavy atom. The predicted octanol–water partition coefficient (Wildman–Crippen LogP) is 3.28. The van der Waals surface area contributed by atoms with E-state index >= 15 is 0 Å². The van der Waals surface area contributed by atoms with Crippen LogP contribution in [0.3, 0.4) is 0 Å². The van der Waals surface area contributed by atoms with Crippen molar-refractivity contribution in [3.63, 3.8) is 0 Å². The van der Waals surface area contributed by atoms with Crippen LogP contribution in [0.5, 0.6) is 11.5 Å². The minimum absolute atomic E-state index is 0.266. The van der Waals surface area contributed by atoms with Crippen LogP contribution in [-0.4, -0.2) is 7.11 Å². The van der Waals surface area contributed by atoms with Gasteiger partial charge in [-0.25, -0.2) is 4.39 Å². The lowest BCUT2D eigenvalue weighted by atomic mass is 10.1. The van der Waals surface area contributed by atoms with Gasteiger partial charge in [0.2, 0.25) is 0 Å². The summed E-state index contributed by atoms with van der Waals surface area (Å²) in [5.41, 5.74) is 1.27. The molecule has 0 bridgehead atoms. The summed E-state index contributed by atoms with van der Waals surface area (Å²) in [6.07, 6.45) is 0. The van der Waals surface area contributed by atoms with Crippen LogP contribution in [0.2, 0.25) is 0 Å². The van der Waals surface area contributed by atoms with Gasteiger partial charge >= 0.3 is 0 Å². The molecule has 96 valence electrons. The van der Waals surface area contributed by atoms with Crippen LogP contribution in [0.15, 0.2) is 42.5 Å². The Morgan fingerprint density at radius 1 is 1.21 bits per heavy atom. The Labute approximate surface area is 110 Å². The first-order valence-electron chi connectivity index (χ1n) is 5.68. The SMILES string of the molecule is COc1ccc(COc2cccc(F)c2)cc1C#N. The number of benzene rings is 2. The molecule has 0 fully saturated rings. The van der Waals surface area contributed by atoms with E-state index < -0.39 is 0 Å². The lowest BCUT2D eigenvalue weighted by molar-refractivity contribution is 0.304. The van der Waals surface area contributed by atoms with Crippen molar-refractivity contribution in [3.05, 3.63) is 59.4 Å². The highest BCUT2D eigenvalue weighted by atomic mass is 19.1. The molecule has 0 saturated carbocycles. The number of nitriles is 1. The highest BCUT2D eigenvalue weighted by Crippen LogP contribution is 2.20. The summed E-state index contributed by atoms with van der Waals surface area (Å²) in [7, 11) is 1.51. The van der Waals surface area contributed by atoms with Crippen molar-refractivity contribution in [2.24, 2.45) is 0 Å². The maximum absolute atomic E-state index is 13.0. The third-order valence-electron chi connectivity index (χ3n) is 2.59. The highest BCUT2D eigenvalue weighted by molar-refractivity contribution is 5.45. The van der Waals surface area contributed by atoms with Crippen LogP contribution in [0.1, 0.15) is 11.1 Å². The van der Waals surface area contributed by atoms with E-state index in [1.165, 1.54) is 19.2 Å². The zero-order valence-corrected chi connectivity index (χ0v) is 10.4. The van der Waals surface area contributed by atoms with Crippen LogP contribution in [0.4, 0.5) is 4.39 Å². The van der Waals surface area contributed by atoms with Gasteiger partial charge in [-0.3, -0.25) is 0 Å². The summed E-state index contributed by atoms with van der Waals surface area (Å²) in [5.74, 6) is 0.635. The van der Waals surface area contributed by atoms with Gasteiger partial charge in [-0.1, -0.05) is 12.1 Å². The van der Waals surface area contributed by atoms with Crippen LogP contribution in [0.25, 0.3) is 0 Å². The first-order valence-corrected chi connectivity index (χ1v) is 5.68. The number of nitrogens with zero attached hydrogens (tertiary/aromatic N) is 1. The van der Waals surface area contributed by atoms with Crippen molar-refractivity contribution in [3.8, 4) is 17.6 Å². The third kappa shape index (κ3) is 3.23. The molecule has 0 atom stereocenters. The summed E-state index contributed by atoms with van der Waals surface area (Å²) >= 11 is 0. The Morgan fingerprint density at radius 3 is 2.74 bits per heavy atom. The van der Waals surface area contributed by atoms with Crippen LogP contribution >= 0.6 is 0 Å². The second-order valence-corrected chi connectivity index (χ2v) is 3.89. The number of methoxy groups -OCH3 is 1. The Hall–Kier alpha value is -2.54. The van der Waals surface area contributed by atoms with Crippen molar-refractivity contribution in [2.45, 2.75) is 6.61 Å². The van der Waals surface area contributed by atoms with Crippen molar-refractivity contribution >= 4 is 0 Å². The minimum atomic E-state index is -0.343. The summed E-state index contributed by atoms with van der Waals surface area (Å²) in [5, 5.41) is 8.98. The van der Waals surface area contributed by atoms with Crippen LogP contribution < -0.4 is 9.47 Å². The number of rotatable bonds is 4. The molecule has 0 aromatic heterocycles. The zero-order valence-electron chi connectivity index (χ0n) is 10.4. The molecule has 2 rings (SSSR count). The van der Waals surface area contributed by atoms with E-state index in [0.717, 1.165) is 5.56 Å². The number of halogens is 1. The molecule has 19 heavy (non-hydrogen) atoms. The molecule has 0 heterocycles. The monoisotopic (exact) mass is 257 g/mol. The molecule has 3 nitrogen and oxygen atoms in total. The molecule has 0 radical (unpaired) electrons. The molecule has 0 aliphatic rings. The Kier molecular flexibility index (Phi) is 3.99. The van der Waals surface area contributed by atoms with Crippen molar-refractivity contribution in [1.82, 2.24) is 0 Å². The molecule has 0 N–H and O–H groups in total. The lowest BCUT2D eigenvalue weighted by Gasteiger charge is -2.08. The van der Waals surface area contributed by atoms with Crippen LogP contribution in [0, 0.1) is 17.1 Å². The molecule has 2 aromatic rings. The van der Waals surface area contributed by atoms with E-state index in [1.807, 2.05) is 0 Å². The fourth-order valence-corrected chi connectivity index (χ4v) is 1.66. The van der Waals surface area contributed by atoms with E-state index in [0.29, 0.717) is 17.1 Å². The fraction of sp³-hybridized carbons (Fsp3) is 0.133. The third-order valence-corrected chi connectivity index (χ3v) is 2.59. The van der Waals surface area contributed by atoms with Gasteiger partial charge < -0.3 is 9.47 Å². The smallest absolute Gasteiger partial charge is 0.136 e. The number of hydrogen-bond donors (Lipinski definition) is 0. The quantitative estimate of drug-likeness (QED) is 0.844. The molecular weight excluding hydrogens is 245 g/mol. The maximum atomic E-state index is 13.0. The predicted molar refractivity (Wildman–Crippen MR) is 68.4 cm³/mol. The zero-order chi connectivity index (χ0) is 13.7. The number of ether oxygens (including phenoxy) is 2. The van der Waals surface area contributed by atoms with Crippen molar-refractivity contribution < 1.29 is 13.9 Å². The molecule has 2 aromatic carbocycles. The van der Waals surface area contributed by atoms with Gasteiger partial charge in [0.15, 0.2) is 0 Å². The second kappa shape index (κ2) is 5.87. The normalized spacial score (nSPS) is 9.74.